The van der Waals surface area contributed by atoms with Crippen molar-refractivity contribution in [2.75, 3.05) is 0 Å². The zero-order valence-electron chi connectivity index (χ0n) is 10.1. The molecule has 0 amide bonds. The number of sulfonamides is 1. The van der Waals surface area contributed by atoms with Gasteiger partial charge in [0.25, 0.3) is 0 Å². The summed E-state index contributed by atoms with van der Waals surface area (Å²) < 4.78 is 27.2. The lowest BCUT2D eigenvalue weighted by Gasteiger charge is -2.27. The lowest BCUT2D eigenvalue weighted by molar-refractivity contribution is 0.447. The van der Waals surface area contributed by atoms with Gasteiger partial charge in [-0.3, -0.25) is 0 Å². The molecule has 2 aliphatic rings. The minimum atomic E-state index is -3.31. The smallest absolute Gasteiger partial charge is 0.212 e. The molecule has 2 aliphatic carbocycles. The molecule has 0 heterocycles. The van der Waals surface area contributed by atoms with Gasteiger partial charge >= 0.3 is 0 Å². The lowest BCUT2D eigenvalue weighted by atomic mass is 10.0. The molecule has 0 aliphatic heterocycles. The van der Waals surface area contributed by atoms with E-state index < -0.39 is 15.6 Å². The van der Waals surface area contributed by atoms with Gasteiger partial charge in [0.05, 0.1) is 11.3 Å². The Labute approximate surface area is 103 Å². The summed E-state index contributed by atoms with van der Waals surface area (Å²) in [4.78, 5) is 0. The predicted molar refractivity (Wildman–Crippen MR) is 65.7 cm³/mol. The Morgan fingerprint density at radius 3 is 2.18 bits per heavy atom. The minimum absolute atomic E-state index is 0.276. The van der Waals surface area contributed by atoms with Gasteiger partial charge in [-0.15, -0.1) is 0 Å². The van der Waals surface area contributed by atoms with Gasteiger partial charge in [0.15, 0.2) is 0 Å². The molecule has 0 unspecified atom stereocenters. The van der Waals surface area contributed by atoms with E-state index in [2.05, 4.69) is 10.8 Å². The first kappa shape index (κ1) is 12.8. The van der Waals surface area contributed by atoms with Crippen LogP contribution in [0.15, 0.2) is 0 Å². The fourth-order valence-corrected chi connectivity index (χ4v) is 4.86. The third-order valence-corrected chi connectivity index (χ3v) is 6.02. The van der Waals surface area contributed by atoms with Crippen molar-refractivity contribution in [3.63, 3.8) is 0 Å². The summed E-state index contributed by atoms with van der Waals surface area (Å²) >= 11 is 0. The summed E-state index contributed by atoms with van der Waals surface area (Å²) in [6.07, 6.45) is 7.83. The molecule has 2 rings (SSSR count). The first-order valence-corrected chi connectivity index (χ1v) is 8.07. The van der Waals surface area contributed by atoms with Crippen LogP contribution in [0.4, 0.5) is 0 Å². The van der Waals surface area contributed by atoms with E-state index in [-0.39, 0.29) is 5.25 Å². The average Bonchev–Trinajstić information content (AvgIpc) is 2.79. The zero-order valence-corrected chi connectivity index (χ0v) is 10.9. The van der Waals surface area contributed by atoms with Crippen LogP contribution in [0.2, 0.25) is 0 Å². The molecule has 1 N–H and O–H groups in total. The minimum Gasteiger partial charge on any atom is -0.212 e. The van der Waals surface area contributed by atoms with Gasteiger partial charge in [0.1, 0.15) is 5.54 Å². The number of nitriles is 1. The number of hydrogen-bond donors (Lipinski definition) is 1. The van der Waals surface area contributed by atoms with Crippen molar-refractivity contribution in [2.45, 2.75) is 68.6 Å². The number of nitrogens with one attached hydrogen (secondary N) is 1. The van der Waals surface area contributed by atoms with Crippen LogP contribution in [0.25, 0.3) is 0 Å². The maximum absolute atomic E-state index is 12.2. The quantitative estimate of drug-likeness (QED) is 0.840. The Balaban J connectivity index is 2.08. The van der Waals surface area contributed by atoms with E-state index in [1.165, 1.54) is 0 Å². The molecule has 96 valence electrons. The molecule has 5 heteroatoms. The summed E-state index contributed by atoms with van der Waals surface area (Å²) in [5.74, 6) is 0. The molecular weight excluding hydrogens is 236 g/mol. The number of nitrogens with zero attached hydrogens (tertiary/aromatic N) is 1. The van der Waals surface area contributed by atoms with Crippen LogP contribution in [0.1, 0.15) is 57.8 Å². The molecule has 17 heavy (non-hydrogen) atoms. The first-order valence-electron chi connectivity index (χ1n) is 6.52. The van der Waals surface area contributed by atoms with Gasteiger partial charge in [-0.1, -0.05) is 32.1 Å². The van der Waals surface area contributed by atoms with Crippen molar-refractivity contribution in [3.8, 4) is 6.07 Å². The second-order valence-corrected chi connectivity index (χ2v) is 7.27. The Morgan fingerprint density at radius 2 is 1.65 bits per heavy atom. The van der Waals surface area contributed by atoms with Crippen LogP contribution in [0.5, 0.6) is 0 Å². The van der Waals surface area contributed by atoms with E-state index in [0.29, 0.717) is 12.8 Å². The van der Waals surface area contributed by atoms with Gasteiger partial charge in [-0.2, -0.15) is 9.98 Å². The lowest BCUT2D eigenvalue weighted by Crippen LogP contribution is -2.49. The largest absolute Gasteiger partial charge is 0.215 e. The van der Waals surface area contributed by atoms with E-state index in [9.17, 15) is 13.7 Å². The Bertz CT molecular complexity index is 399. The fourth-order valence-electron chi connectivity index (χ4n) is 2.95. The van der Waals surface area contributed by atoms with Crippen LogP contribution in [0.3, 0.4) is 0 Å². The predicted octanol–water partition coefficient (Wildman–Crippen LogP) is 2.07. The van der Waals surface area contributed by atoms with Crippen molar-refractivity contribution in [3.05, 3.63) is 0 Å². The highest BCUT2D eigenvalue weighted by molar-refractivity contribution is 7.90. The van der Waals surface area contributed by atoms with Crippen molar-refractivity contribution in [1.82, 2.24) is 4.72 Å². The highest BCUT2D eigenvalue weighted by Crippen LogP contribution is 2.32. The van der Waals surface area contributed by atoms with E-state index in [4.69, 9.17) is 0 Å². The highest BCUT2D eigenvalue weighted by Gasteiger charge is 2.40. The highest BCUT2D eigenvalue weighted by atomic mass is 32.2. The number of rotatable bonds is 3. The Hall–Kier alpha value is -0.600. The van der Waals surface area contributed by atoms with Crippen molar-refractivity contribution in [1.29, 1.82) is 5.26 Å². The second kappa shape index (κ2) is 4.95. The Kier molecular flexibility index (Phi) is 3.74. The Morgan fingerprint density at radius 1 is 1.06 bits per heavy atom. The van der Waals surface area contributed by atoms with E-state index in [1.807, 2.05) is 0 Å². The maximum Gasteiger partial charge on any atom is 0.215 e. The second-order valence-electron chi connectivity index (χ2n) is 5.31. The summed E-state index contributed by atoms with van der Waals surface area (Å²) in [6, 6.07) is 2.18. The van der Waals surface area contributed by atoms with E-state index in [1.54, 1.807) is 0 Å². The monoisotopic (exact) mass is 256 g/mol. The van der Waals surface area contributed by atoms with Crippen LogP contribution in [-0.2, 0) is 10.0 Å². The average molecular weight is 256 g/mol. The zero-order chi connectivity index (χ0) is 12.4. The summed E-state index contributed by atoms with van der Waals surface area (Å²) in [6.45, 7) is 0. The van der Waals surface area contributed by atoms with Gasteiger partial charge in [0.2, 0.25) is 10.0 Å². The van der Waals surface area contributed by atoms with Crippen molar-refractivity contribution < 1.29 is 8.42 Å². The van der Waals surface area contributed by atoms with Crippen LogP contribution in [-0.4, -0.2) is 19.2 Å². The van der Waals surface area contributed by atoms with E-state index in [0.717, 1.165) is 44.9 Å². The summed E-state index contributed by atoms with van der Waals surface area (Å²) in [7, 11) is -3.31. The van der Waals surface area contributed by atoms with Gasteiger partial charge in [-0.05, 0) is 25.7 Å². The van der Waals surface area contributed by atoms with E-state index >= 15 is 0 Å². The topological polar surface area (TPSA) is 70.0 Å². The molecule has 2 saturated carbocycles. The standard InChI is InChI=1S/C12H20N2O2S/c13-10-12(8-4-5-9-12)14-17(15,16)11-6-2-1-3-7-11/h11,14H,1-9H2. The van der Waals surface area contributed by atoms with Gasteiger partial charge in [-0.25, -0.2) is 8.42 Å². The molecule has 0 atom stereocenters. The molecule has 2 fully saturated rings. The molecule has 0 aromatic rings. The molecule has 4 nitrogen and oxygen atoms in total. The molecule has 0 spiro atoms. The van der Waals surface area contributed by atoms with Crippen molar-refractivity contribution >= 4 is 10.0 Å². The van der Waals surface area contributed by atoms with Crippen molar-refractivity contribution in [2.24, 2.45) is 0 Å². The molecule has 0 aromatic heterocycles. The normalized spacial score (nSPS) is 25.6. The molecule has 0 saturated heterocycles. The fraction of sp³-hybridized carbons (Fsp3) is 0.917. The van der Waals surface area contributed by atoms with Gasteiger partial charge in [0, 0.05) is 0 Å². The summed E-state index contributed by atoms with van der Waals surface area (Å²) in [5.41, 5.74) is -0.809. The van der Waals surface area contributed by atoms with Crippen LogP contribution >= 0.6 is 0 Å². The van der Waals surface area contributed by atoms with Gasteiger partial charge < -0.3 is 0 Å². The maximum atomic E-state index is 12.2. The van der Waals surface area contributed by atoms with Crippen LogP contribution < -0.4 is 4.72 Å². The molecular formula is C12H20N2O2S. The summed E-state index contributed by atoms with van der Waals surface area (Å²) in [5, 5.41) is 8.93. The SMILES string of the molecule is N#CC1(NS(=O)(=O)C2CCCCC2)CCCC1. The number of hydrogen-bond acceptors (Lipinski definition) is 3. The molecule has 0 radical (unpaired) electrons. The molecule has 0 bridgehead atoms. The molecule has 0 aromatic carbocycles. The third-order valence-electron chi connectivity index (χ3n) is 4.00. The first-order chi connectivity index (χ1) is 8.08. The third kappa shape index (κ3) is 2.80. The van der Waals surface area contributed by atoms with Crippen LogP contribution in [0, 0.1) is 11.3 Å².